The Labute approximate surface area is 212 Å². The number of nitrogens with one attached hydrogen (secondary N) is 2. The average Bonchev–Trinajstić information content (AvgIpc) is 3.24. The normalized spacial score (nSPS) is 11.1. The molecule has 36 heavy (non-hydrogen) atoms. The second-order valence-corrected chi connectivity index (χ2v) is 9.06. The monoisotopic (exact) mass is 499 g/mol. The van der Waals surface area contributed by atoms with Crippen molar-refractivity contribution in [3.05, 3.63) is 123 Å². The van der Waals surface area contributed by atoms with Gasteiger partial charge in [-0.05, 0) is 47.4 Å². The number of H-pyrrole nitrogens is 1. The summed E-state index contributed by atoms with van der Waals surface area (Å²) in [4.78, 5) is 28.5. The summed E-state index contributed by atoms with van der Waals surface area (Å²) in [5.74, 6) is -0.687. The van der Waals surface area contributed by atoms with Crippen molar-refractivity contribution in [1.82, 2.24) is 25.3 Å². The van der Waals surface area contributed by atoms with Crippen molar-refractivity contribution in [3.63, 3.8) is 0 Å². The number of pyridine rings is 1. The Morgan fingerprint density at radius 2 is 1.75 bits per heavy atom. The summed E-state index contributed by atoms with van der Waals surface area (Å²) >= 11 is 6.15. The quantitative estimate of drug-likeness (QED) is 0.307. The van der Waals surface area contributed by atoms with Crippen LogP contribution in [0.4, 0.5) is 4.39 Å². The minimum Gasteiger partial charge on any atom is -0.360 e. The molecule has 5 aromatic rings. The number of aromatic nitrogens is 4. The highest BCUT2D eigenvalue weighted by molar-refractivity contribution is 6.35. The number of fused-ring (bicyclic) bond motifs is 1. The molecule has 0 radical (unpaired) electrons. The van der Waals surface area contributed by atoms with Gasteiger partial charge in [0.15, 0.2) is 0 Å². The smallest absolute Gasteiger partial charge is 0.251 e. The van der Waals surface area contributed by atoms with Crippen LogP contribution in [0.2, 0.25) is 5.02 Å². The molecule has 1 amide bonds. The summed E-state index contributed by atoms with van der Waals surface area (Å²) in [6, 6.07) is 13.0. The highest BCUT2D eigenvalue weighted by Gasteiger charge is 2.15. The summed E-state index contributed by atoms with van der Waals surface area (Å²) < 4.78 is 14.5. The molecule has 0 bridgehead atoms. The van der Waals surface area contributed by atoms with Crippen LogP contribution in [0.25, 0.3) is 10.9 Å². The van der Waals surface area contributed by atoms with Crippen molar-refractivity contribution in [2.24, 2.45) is 0 Å². The van der Waals surface area contributed by atoms with Crippen LogP contribution in [0.15, 0.2) is 73.6 Å². The molecule has 3 aromatic heterocycles. The molecule has 6 nitrogen and oxygen atoms in total. The fourth-order valence-electron chi connectivity index (χ4n) is 4.19. The van der Waals surface area contributed by atoms with Crippen LogP contribution in [0.1, 0.15) is 43.9 Å². The van der Waals surface area contributed by atoms with Gasteiger partial charge >= 0.3 is 0 Å². The lowest BCUT2D eigenvalue weighted by atomic mass is 9.99. The molecule has 2 N–H and O–H groups in total. The number of amides is 1. The summed E-state index contributed by atoms with van der Waals surface area (Å²) in [5, 5.41) is 4.05. The molecule has 0 spiro atoms. The molecule has 2 aromatic carbocycles. The van der Waals surface area contributed by atoms with Crippen molar-refractivity contribution in [1.29, 1.82) is 0 Å². The van der Waals surface area contributed by atoms with Crippen LogP contribution < -0.4 is 5.32 Å². The van der Waals surface area contributed by atoms with Crippen molar-refractivity contribution in [2.75, 3.05) is 0 Å². The SMILES string of the molecule is Cc1c(C(=O)NCc2cc3c(Cl)c[nH]c3cc2F)ccnc1Cc1ccc(Cc2cncnc2)cc1. The zero-order valence-electron chi connectivity index (χ0n) is 19.6. The van der Waals surface area contributed by atoms with E-state index in [1.807, 2.05) is 19.3 Å². The molecule has 3 heterocycles. The van der Waals surface area contributed by atoms with E-state index >= 15 is 0 Å². The zero-order valence-corrected chi connectivity index (χ0v) is 20.3. The van der Waals surface area contributed by atoms with Crippen molar-refractivity contribution >= 4 is 28.4 Å². The van der Waals surface area contributed by atoms with Crippen molar-refractivity contribution in [3.8, 4) is 0 Å². The molecule has 0 aliphatic heterocycles. The van der Waals surface area contributed by atoms with E-state index in [-0.39, 0.29) is 12.5 Å². The molecule has 0 saturated heterocycles. The van der Waals surface area contributed by atoms with Gasteiger partial charge in [-0.25, -0.2) is 14.4 Å². The zero-order chi connectivity index (χ0) is 25.1. The molecule has 0 unspecified atom stereocenters. The van der Waals surface area contributed by atoms with Gasteiger partial charge in [0.2, 0.25) is 0 Å². The molecule has 0 fully saturated rings. The molecule has 0 aliphatic carbocycles. The Morgan fingerprint density at radius 3 is 2.50 bits per heavy atom. The summed E-state index contributed by atoms with van der Waals surface area (Å²) in [6.45, 7) is 1.93. The van der Waals surface area contributed by atoms with Crippen LogP contribution in [0, 0.1) is 12.7 Å². The largest absolute Gasteiger partial charge is 0.360 e. The maximum atomic E-state index is 14.5. The molecule has 0 atom stereocenters. The van der Waals surface area contributed by atoms with Gasteiger partial charge in [-0.3, -0.25) is 9.78 Å². The molecule has 8 heteroatoms. The van der Waals surface area contributed by atoms with Gasteiger partial charge in [0.25, 0.3) is 5.91 Å². The van der Waals surface area contributed by atoms with E-state index in [4.69, 9.17) is 11.6 Å². The number of halogens is 2. The van der Waals surface area contributed by atoms with Crippen molar-refractivity contribution in [2.45, 2.75) is 26.3 Å². The van der Waals surface area contributed by atoms with E-state index < -0.39 is 5.82 Å². The number of benzene rings is 2. The lowest BCUT2D eigenvalue weighted by molar-refractivity contribution is 0.0949. The van der Waals surface area contributed by atoms with Gasteiger partial charge in [-0.1, -0.05) is 35.9 Å². The number of rotatable bonds is 7. The predicted molar refractivity (Wildman–Crippen MR) is 137 cm³/mol. The third kappa shape index (κ3) is 5.11. The first-order valence-electron chi connectivity index (χ1n) is 11.5. The van der Waals surface area contributed by atoms with Gasteiger partial charge in [-0.2, -0.15) is 0 Å². The molecular weight excluding hydrogens is 477 g/mol. The first kappa shape index (κ1) is 23.6. The second-order valence-electron chi connectivity index (χ2n) is 8.66. The third-order valence-corrected chi connectivity index (χ3v) is 6.52. The Balaban J connectivity index is 1.27. The van der Waals surface area contributed by atoms with Gasteiger partial charge in [0.1, 0.15) is 12.1 Å². The van der Waals surface area contributed by atoms with Crippen molar-refractivity contribution < 1.29 is 9.18 Å². The lowest BCUT2D eigenvalue weighted by Crippen LogP contribution is -2.24. The van der Waals surface area contributed by atoms with Gasteiger partial charge < -0.3 is 10.3 Å². The summed E-state index contributed by atoms with van der Waals surface area (Å²) in [7, 11) is 0. The first-order valence-corrected chi connectivity index (χ1v) is 11.8. The molecule has 180 valence electrons. The van der Waals surface area contributed by atoms with Gasteiger partial charge in [0.05, 0.1) is 5.02 Å². The summed E-state index contributed by atoms with van der Waals surface area (Å²) in [6.07, 6.45) is 9.75. The van der Waals surface area contributed by atoms with Crippen LogP contribution in [0.3, 0.4) is 0 Å². The van der Waals surface area contributed by atoms with E-state index in [1.165, 1.54) is 12.4 Å². The highest BCUT2D eigenvalue weighted by Crippen LogP contribution is 2.26. The second kappa shape index (κ2) is 10.3. The Hall–Kier alpha value is -4.10. The van der Waals surface area contributed by atoms with Crippen LogP contribution in [-0.4, -0.2) is 25.8 Å². The molecule has 0 saturated carbocycles. The van der Waals surface area contributed by atoms with E-state index in [0.29, 0.717) is 33.5 Å². The number of aromatic amines is 1. The van der Waals surface area contributed by atoms with Gasteiger partial charge in [0, 0.05) is 71.9 Å². The fourth-order valence-corrected chi connectivity index (χ4v) is 4.40. The highest BCUT2D eigenvalue weighted by atomic mass is 35.5. The standard InChI is InChI=1S/C28H23ClFN5O/c1-17-22(28(36)35-14-21-10-23-24(29)15-34-27(23)11-25(21)30)6-7-33-26(17)9-19-4-2-18(3-5-19)8-20-12-31-16-32-13-20/h2-7,10-13,15-16,34H,8-9,14H2,1H3,(H,35,36). The molecule has 5 rings (SSSR count). The van der Waals surface area contributed by atoms with Crippen LogP contribution in [-0.2, 0) is 19.4 Å². The fraction of sp³-hybridized carbons (Fsp3) is 0.143. The minimum atomic E-state index is -0.406. The third-order valence-electron chi connectivity index (χ3n) is 6.21. The number of hydrogen-bond acceptors (Lipinski definition) is 4. The summed E-state index contributed by atoms with van der Waals surface area (Å²) in [5.41, 5.74) is 6.42. The topological polar surface area (TPSA) is 83.6 Å². The Bertz CT molecular complexity index is 1530. The number of carbonyl (C=O) groups excluding carboxylic acids is 1. The lowest BCUT2D eigenvalue weighted by Gasteiger charge is -2.12. The Kier molecular flexibility index (Phi) is 6.73. The average molecular weight is 500 g/mol. The van der Waals surface area contributed by atoms with Crippen LogP contribution >= 0.6 is 11.6 Å². The maximum absolute atomic E-state index is 14.5. The van der Waals surface area contributed by atoms with E-state index in [9.17, 15) is 9.18 Å². The number of carbonyl (C=O) groups is 1. The maximum Gasteiger partial charge on any atom is 0.251 e. The predicted octanol–water partition coefficient (Wildman–Crippen LogP) is 5.57. The van der Waals surface area contributed by atoms with E-state index in [2.05, 4.69) is 49.5 Å². The van der Waals surface area contributed by atoms with E-state index in [0.717, 1.165) is 34.4 Å². The van der Waals surface area contributed by atoms with Gasteiger partial charge in [-0.15, -0.1) is 0 Å². The number of hydrogen-bond donors (Lipinski definition) is 2. The van der Waals surface area contributed by atoms with E-state index in [1.54, 1.807) is 24.5 Å². The molecular formula is C28H23ClFN5O. The Morgan fingerprint density at radius 1 is 1.03 bits per heavy atom. The molecule has 0 aliphatic rings. The van der Waals surface area contributed by atoms with Crippen LogP contribution in [0.5, 0.6) is 0 Å². The first-order chi connectivity index (χ1) is 17.5. The number of nitrogens with zero attached hydrogens (tertiary/aromatic N) is 3. The minimum absolute atomic E-state index is 0.0487.